The molecule has 25 heavy (non-hydrogen) atoms. The molecule has 0 aliphatic carbocycles. The fourth-order valence-electron chi connectivity index (χ4n) is 3.15. The van der Waals surface area contributed by atoms with Crippen LogP contribution in [0, 0.1) is 0 Å². The second-order valence-electron chi connectivity index (χ2n) is 6.64. The van der Waals surface area contributed by atoms with E-state index in [0.717, 1.165) is 17.7 Å². The van der Waals surface area contributed by atoms with E-state index in [0.29, 0.717) is 6.61 Å². The summed E-state index contributed by atoms with van der Waals surface area (Å²) in [5.74, 6) is 0.863. The minimum absolute atomic E-state index is 0.000505. The zero-order chi connectivity index (χ0) is 17.8. The van der Waals surface area contributed by atoms with Gasteiger partial charge in [-0.05, 0) is 32.9 Å². The molecule has 1 aliphatic heterocycles. The Morgan fingerprint density at radius 1 is 1.28 bits per heavy atom. The van der Waals surface area contributed by atoms with Crippen molar-refractivity contribution in [3.05, 3.63) is 48.3 Å². The molecule has 4 atom stereocenters. The van der Waals surface area contributed by atoms with E-state index in [-0.39, 0.29) is 30.1 Å². The molecule has 2 heterocycles. The standard InChI is InChI=1S/C19H26N4O2/c1-13(15(3)23-11-6-10-20-23)21-14(2)19(24)22-17-9-12-25-18-8-5-4-7-16(17)18/h4-8,10-11,13-15,17,21H,9,12H2,1-3H3,(H,22,24)/t13-,14+,15-,17+/m1/s1. The van der Waals surface area contributed by atoms with Crippen molar-refractivity contribution in [3.8, 4) is 5.75 Å². The van der Waals surface area contributed by atoms with Crippen molar-refractivity contribution in [2.45, 2.75) is 51.4 Å². The van der Waals surface area contributed by atoms with Crippen molar-refractivity contribution in [1.82, 2.24) is 20.4 Å². The van der Waals surface area contributed by atoms with E-state index in [9.17, 15) is 4.79 Å². The van der Waals surface area contributed by atoms with Crippen LogP contribution < -0.4 is 15.4 Å². The zero-order valence-electron chi connectivity index (χ0n) is 15.0. The maximum Gasteiger partial charge on any atom is 0.237 e. The highest BCUT2D eigenvalue weighted by Gasteiger charge is 2.26. The molecule has 2 N–H and O–H groups in total. The molecular weight excluding hydrogens is 316 g/mol. The molecule has 1 aromatic carbocycles. The highest BCUT2D eigenvalue weighted by atomic mass is 16.5. The van der Waals surface area contributed by atoms with Gasteiger partial charge in [0.1, 0.15) is 5.75 Å². The predicted octanol–water partition coefficient (Wildman–Crippen LogP) is 2.45. The lowest BCUT2D eigenvalue weighted by atomic mass is 10.00. The van der Waals surface area contributed by atoms with E-state index in [1.165, 1.54) is 0 Å². The molecule has 1 amide bonds. The molecule has 0 fully saturated rings. The Hall–Kier alpha value is -2.34. The molecule has 0 unspecified atom stereocenters. The lowest BCUT2D eigenvalue weighted by Crippen LogP contribution is -2.49. The highest BCUT2D eigenvalue weighted by molar-refractivity contribution is 5.81. The van der Waals surface area contributed by atoms with Crippen LogP contribution in [0.4, 0.5) is 0 Å². The van der Waals surface area contributed by atoms with Crippen LogP contribution in [0.5, 0.6) is 5.75 Å². The van der Waals surface area contributed by atoms with E-state index in [4.69, 9.17) is 4.74 Å². The summed E-state index contributed by atoms with van der Waals surface area (Å²) in [6.07, 6.45) is 4.49. The maximum atomic E-state index is 12.6. The molecule has 0 radical (unpaired) electrons. The van der Waals surface area contributed by atoms with Crippen molar-refractivity contribution in [1.29, 1.82) is 0 Å². The van der Waals surface area contributed by atoms with E-state index in [1.807, 2.05) is 48.1 Å². The van der Waals surface area contributed by atoms with Crippen LogP contribution in [-0.4, -0.2) is 34.4 Å². The Morgan fingerprint density at radius 3 is 2.84 bits per heavy atom. The molecule has 1 aliphatic rings. The van der Waals surface area contributed by atoms with E-state index in [2.05, 4.69) is 29.6 Å². The van der Waals surface area contributed by atoms with Crippen LogP contribution in [0.3, 0.4) is 0 Å². The Kier molecular flexibility index (Phi) is 5.38. The van der Waals surface area contributed by atoms with Gasteiger partial charge < -0.3 is 15.4 Å². The van der Waals surface area contributed by atoms with Crippen molar-refractivity contribution >= 4 is 5.91 Å². The number of ether oxygens (including phenoxy) is 1. The third kappa shape index (κ3) is 4.02. The highest BCUT2D eigenvalue weighted by Crippen LogP contribution is 2.31. The second kappa shape index (κ2) is 7.70. The number of para-hydroxylation sites is 1. The van der Waals surface area contributed by atoms with Crippen LogP contribution in [0.2, 0.25) is 0 Å². The number of rotatable bonds is 6. The molecular formula is C19H26N4O2. The van der Waals surface area contributed by atoms with Gasteiger partial charge in [0.15, 0.2) is 0 Å². The van der Waals surface area contributed by atoms with Gasteiger partial charge >= 0.3 is 0 Å². The summed E-state index contributed by atoms with van der Waals surface area (Å²) in [5.41, 5.74) is 1.05. The Labute approximate surface area is 148 Å². The van der Waals surface area contributed by atoms with Crippen LogP contribution in [0.15, 0.2) is 42.7 Å². The van der Waals surface area contributed by atoms with E-state index >= 15 is 0 Å². The van der Waals surface area contributed by atoms with Crippen LogP contribution >= 0.6 is 0 Å². The second-order valence-corrected chi connectivity index (χ2v) is 6.64. The summed E-state index contributed by atoms with van der Waals surface area (Å²) >= 11 is 0. The number of hydrogen-bond donors (Lipinski definition) is 2. The van der Waals surface area contributed by atoms with Crippen molar-refractivity contribution in [2.75, 3.05) is 6.61 Å². The molecule has 1 aromatic heterocycles. The molecule has 6 heteroatoms. The smallest absolute Gasteiger partial charge is 0.237 e. The number of carbonyl (C=O) groups is 1. The first-order valence-electron chi connectivity index (χ1n) is 8.83. The number of hydrogen-bond acceptors (Lipinski definition) is 4. The van der Waals surface area contributed by atoms with Gasteiger partial charge in [0, 0.05) is 30.4 Å². The van der Waals surface area contributed by atoms with Crippen molar-refractivity contribution < 1.29 is 9.53 Å². The monoisotopic (exact) mass is 342 g/mol. The number of nitrogens with zero attached hydrogens (tertiary/aromatic N) is 2. The third-order valence-electron chi connectivity index (χ3n) is 4.85. The number of amides is 1. The van der Waals surface area contributed by atoms with Gasteiger partial charge in [-0.1, -0.05) is 18.2 Å². The largest absolute Gasteiger partial charge is 0.493 e. The molecule has 0 spiro atoms. The van der Waals surface area contributed by atoms with Crippen LogP contribution in [-0.2, 0) is 4.79 Å². The molecule has 134 valence electrons. The van der Waals surface area contributed by atoms with E-state index in [1.54, 1.807) is 6.20 Å². The fourth-order valence-corrected chi connectivity index (χ4v) is 3.15. The first-order chi connectivity index (χ1) is 12.1. The summed E-state index contributed by atoms with van der Waals surface area (Å²) < 4.78 is 7.56. The Bertz CT molecular complexity index is 701. The summed E-state index contributed by atoms with van der Waals surface area (Å²) in [6.45, 7) is 6.67. The third-order valence-corrected chi connectivity index (χ3v) is 4.85. The average molecular weight is 342 g/mol. The molecule has 2 aromatic rings. The Balaban J connectivity index is 1.58. The molecule has 0 bridgehead atoms. The summed E-state index contributed by atoms with van der Waals surface area (Å²) in [4.78, 5) is 12.6. The van der Waals surface area contributed by atoms with Gasteiger partial charge in [0.2, 0.25) is 5.91 Å². The van der Waals surface area contributed by atoms with Gasteiger partial charge in [-0.15, -0.1) is 0 Å². The maximum absolute atomic E-state index is 12.6. The number of carbonyl (C=O) groups excluding carboxylic acids is 1. The van der Waals surface area contributed by atoms with Gasteiger partial charge in [0.25, 0.3) is 0 Å². The summed E-state index contributed by atoms with van der Waals surface area (Å²) in [5, 5.41) is 10.8. The van der Waals surface area contributed by atoms with Crippen LogP contribution in [0.1, 0.15) is 44.8 Å². The quantitative estimate of drug-likeness (QED) is 0.846. The Morgan fingerprint density at radius 2 is 2.08 bits per heavy atom. The van der Waals surface area contributed by atoms with Gasteiger partial charge in [-0.3, -0.25) is 9.48 Å². The first kappa shape index (κ1) is 17.5. The lowest BCUT2D eigenvalue weighted by Gasteiger charge is -2.29. The zero-order valence-corrected chi connectivity index (χ0v) is 15.0. The topological polar surface area (TPSA) is 68.2 Å². The number of fused-ring (bicyclic) bond motifs is 1. The lowest BCUT2D eigenvalue weighted by molar-refractivity contribution is -0.124. The minimum Gasteiger partial charge on any atom is -0.493 e. The SMILES string of the molecule is C[C@H](N[C@H](C)[C@@H](C)n1cccn1)C(=O)N[C@H]1CCOc2ccccc21. The normalized spacial score (nSPS) is 20.0. The van der Waals surface area contributed by atoms with E-state index < -0.39 is 0 Å². The molecule has 6 nitrogen and oxygen atoms in total. The average Bonchev–Trinajstić information content (AvgIpc) is 3.15. The number of nitrogens with one attached hydrogen (secondary N) is 2. The van der Waals surface area contributed by atoms with Crippen molar-refractivity contribution in [3.63, 3.8) is 0 Å². The number of benzene rings is 1. The van der Waals surface area contributed by atoms with Gasteiger partial charge in [-0.25, -0.2) is 0 Å². The summed E-state index contributed by atoms with van der Waals surface area (Å²) in [7, 11) is 0. The minimum atomic E-state index is -0.289. The number of aromatic nitrogens is 2. The summed E-state index contributed by atoms with van der Waals surface area (Å²) in [6, 6.07) is 9.78. The van der Waals surface area contributed by atoms with Gasteiger partial charge in [0.05, 0.1) is 24.7 Å². The molecule has 3 rings (SSSR count). The van der Waals surface area contributed by atoms with Crippen LogP contribution in [0.25, 0.3) is 0 Å². The fraction of sp³-hybridized carbons (Fsp3) is 0.474. The predicted molar refractivity (Wildman–Crippen MR) is 96.4 cm³/mol. The first-order valence-corrected chi connectivity index (χ1v) is 8.83. The van der Waals surface area contributed by atoms with Crippen molar-refractivity contribution in [2.24, 2.45) is 0 Å². The molecule has 0 saturated carbocycles. The molecule has 0 saturated heterocycles. The van der Waals surface area contributed by atoms with Gasteiger partial charge in [-0.2, -0.15) is 5.10 Å².